The molecule has 4 rings (SSSR count). The van der Waals surface area contributed by atoms with Crippen molar-refractivity contribution >= 4 is 11.8 Å². The minimum atomic E-state index is -0.116. The summed E-state index contributed by atoms with van der Waals surface area (Å²) in [6, 6.07) is 19.0. The van der Waals surface area contributed by atoms with Crippen molar-refractivity contribution in [2.75, 3.05) is 12.4 Å². The fraction of sp³-hybridized carbons (Fsp3) is 0.391. The van der Waals surface area contributed by atoms with Crippen LogP contribution in [0.5, 0.6) is 5.75 Å². The van der Waals surface area contributed by atoms with Crippen LogP contribution in [0.1, 0.15) is 43.6 Å². The lowest BCUT2D eigenvalue weighted by molar-refractivity contribution is 0.0779. The highest BCUT2D eigenvalue weighted by molar-refractivity contribution is 7.99. The summed E-state index contributed by atoms with van der Waals surface area (Å²) in [5, 5.41) is 3.25. The Morgan fingerprint density at radius 2 is 1.74 bits per heavy atom. The number of thioether (sulfide) groups is 1. The molecule has 1 saturated carbocycles. The van der Waals surface area contributed by atoms with Crippen molar-refractivity contribution in [1.29, 1.82) is 0 Å². The fourth-order valence-electron chi connectivity index (χ4n) is 3.71. The molecule has 1 aliphatic heterocycles. The first-order valence-electron chi connectivity index (χ1n) is 9.89. The van der Waals surface area contributed by atoms with Crippen LogP contribution in [0.4, 0.5) is 0 Å². The topological polar surface area (TPSA) is 30.5 Å². The monoisotopic (exact) mass is 381 g/mol. The smallest absolute Gasteiger partial charge is 0.203 e. The molecule has 4 heteroatoms. The Bertz CT molecular complexity index is 739. The van der Waals surface area contributed by atoms with Gasteiger partial charge in [0, 0.05) is 11.1 Å². The summed E-state index contributed by atoms with van der Waals surface area (Å²) in [5.74, 6) is 3.43. The molecule has 3 nitrogen and oxygen atoms in total. The van der Waals surface area contributed by atoms with Crippen LogP contribution in [0, 0.1) is 0 Å². The molecule has 0 amide bonds. The number of benzene rings is 2. The second-order valence-electron chi connectivity index (χ2n) is 7.20. The molecule has 2 aromatic carbocycles. The third kappa shape index (κ3) is 5.23. The summed E-state index contributed by atoms with van der Waals surface area (Å²) in [4.78, 5) is 1.25. The molecule has 27 heavy (non-hydrogen) atoms. The molecule has 142 valence electrons. The highest BCUT2D eigenvalue weighted by Gasteiger charge is 2.19. The van der Waals surface area contributed by atoms with Crippen LogP contribution in [0.25, 0.3) is 0 Å². The molecule has 1 aliphatic carbocycles. The van der Waals surface area contributed by atoms with Crippen LogP contribution >= 0.6 is 11.8 Å². The Morgan fingerprint density at radius 1 is 0.963 bits per heavy atom. The Balaban J connectivity index is 1.19. The van der Waals surface area contributed by atoms with Crippen molar-refractivity contribution in [1.82, 2.24) is 5.32 Å². The average molecular weight is 382 g/mol. The van der Waals surface area contributed by atoms with Crippen molar-refractivity contribution in [2.24, 2.45) is 0 Å². The lowest BCUT2D eigenvalue weighted by Crippen LogP contribution is -2.28. The second kappa shape index (κ2) is 9.23. The van der Waals surface area contributed by atoms with Gasteiger partial charge in [-0.15, -0.1) is 11.8 Å². The van der Waals surface area contributed by atoms with Gasteiger partial charge in [0.2, 0.25) is 6.23 Å². The van der Waals surface area contributed by atoms with E-state index in [0.717, 1.165) is 23.2 Å². The average Bonchev–Trinajstić information content (AvgIpc) is 3.20. The van der Waals surface area contributed by atoms with Crippen molar-refractivity contribution in [3.05, 3.63) is 72.1 Å². The van der Waals surface area contributed by atoms with E-state index in [2.05, 4.69) is 53.8 Å². The van der Waals surface area contributed by atoms with E-state index >= 15 is 0 Å². The van der Waals surface area contributed by atoms with E-state index in [1.54, 1.807) is 11.8 Å². The molecule has 0 spiro atoms. The molecule has 0 unspecified atom stereocenters. The first kappa shape index (κ1) is 18.3. The van der Waals surface area contributed by atoms with Gasteiger partial charge in [-0.3, -0.25) is 0 Å². The number of ether oxygens (including phenoxy) is 2. The van der Waals surface area contributed by atoms with Crippen LogP contribution in [0.3, 0.4) is 0 Å². The first-order valence-corrected chi connectivity index (χ1v) is 10.9. The molecular formula is C23H27NO2S. The Morgan fingerprint density at radius 3 is 2.52 bits per heavy atom. The Labute approximate surface area is 166 Å². The summed E-state index contributed by atoms with van der Waals surface area (Å²) < 4.78 is 11.8. The van der Waals surface area contributed by atoms with Crippen LogP contribution in [-0.2, 0) is 4.74 Å². The standard InChI is InChI=1S/C23H27NO2S/c1-3-7-18(8-4-1)19-11-13-20(14-12-19)25-16-23-24-15-21(26-23)17-27-22-9-5-2-6-10-22/h2,5-6,9-15,18,23-24H,1,3-4,7-8,16-17H2/t23-/m0/s1. The lowest BCUT2D eigenvalue weighted by atomic mass is 9.84. The van der Waals surface area contributed by atoms with Gasteiger partial charge in [0.15, 0.2) is 0 Å². The molecule has 1 N–H and O–H groups in total. The van der Waals surface area contributed by atoms with Gasteiger partial charge in [-0.05, 0) is 48.6 Å². The zero-order chi connectivity index (χ0) is 18.3. The zero-order valence-electron chi connectivity index (χ0n) is 15.6. The normalized spacial score (nSPS) is 19.9. The quantitative estimate of drug-likeness (QED) is 0.624. The predicted molar refractivity (Wildman–Crippen MR) is 111 cm³/mol. The highest BCUT2D eigenvalue weighted by Crippen LogP contribution is 2.33. The molecule has 2 aliphatic rings. The maximum atomic E-state index is 5.93. The molecule has 0 aromatic heterocycles. The number of hydrogen-bond donors (Lipinski definition) is 1. The first-order chi connectivity index (χ1) is 13.4. The third-order valence-electron chi connectivity index (χ3n) is 5.21. The Kier molecular flexibility index (Phi) is 6.25. The summed E-state index contributed by atoms with van der Waals surface area (Å²) in [6.07, 6.45) is 8.62. The van der Waals surface area contributed by atoms with Crippen molar-refractivity contribution in [3.63, 3.8) is 0 Å². The summed E-state index contributed by atoms with van der Waals surface area (Å²) in [7, 11) is 0. The highest BCUT2D eigenvalue weighted by atomic mass is 32.2. The largest absolute Gasteiger partial charge is 0.488 e. The lowest BCUT2D eigenvalue weighted by Gasteiger charge is -2.22. The number of hydrogen-bond acceptors (Lipinski definition) is 4. The van der Waals surface area contributed by atoms with Gasteiger partial charge in [-0.1, -0.05) is 49.6 Å². The van der Waals surface area contributed by atoms with Gasteiger partial charge in [-0.2, -0.15) is 0 Å². The summed E-state index contributed by atoms with van der Waals surface area (Å²) in [5.41, 5.74) is 1.46. The van der Waals surface area contributed by atoms with E-state index < -0.39 is 0 Å². The van der Waals surface area contributed by atoms with Crippen molar-refractivity contribution in [2.45, 2.75) is 49.1 Å². The second-order valence-corrected chi connectivity index (χ2v) is 8.25. The SMILES string of the molecule is C1=C(CSc2ccccc2)O[C@@H](COc2ccc(C3CCCCC3)cc2)N1. The molecule has 1 fully saturated rings. The minimum absolute atomic E-state index is 0.116. The van der Waals surface area contributed by atoms with Crippen molar-refractivity contribution < 1.29 is 9.47 Å². The van der Waals surface area contributed by atoms with E-state index in [9.17, 15) is 0 Å². The third-order valence-corrected chi connectivity index (χ3v) is 6.24. The fourth-order valence-corrected chi connectivity index (χ4v) is 4.52. The summed E-state index contributed by atoms with van der Waals surface area (Å²) in [6.45, 7) is 0.499. The van der Waals surface area contributed by atoms with Crippen LogP contribution in [0.15, 0.2) is 71.5 Å². The van der Waals surface area contributed by atoms with E-state index in [1.807, 2.05) is 12.3 Å². The van der Waals surface area contributed by atoms with E-state index in [-0.39, 0.29) is 6.23 Å². The van der Waals surface area contributed by atoms with E-state index in [0.29, 0.717) is 6.61 Å². The van der Waals surface area contributed by atoms with Gasteiger partial charge in [0.1, 0.15) is 18.1 Å². The molecule has 2 aromatic rings. The maximum absolute atomic E-state index is 5.93. The van der Waals surface area contributed by atoms with Crippen molar-refractivity contribution in [3.8, 4) is 5.75 Å². The van der Waals surface area contributed by atoms with Crippen LogP contribution in [0.2, 0.25) is 0 Å². The molecule has 1 heterocycles. The van der Waals surface area contributed by atoms with Crippen LogP contribution in [-0.4, -0.2) is 18.6 Å². The van der Waals surface area contributed by atoms with E-state index in [1.165, 1.54) is 42.6 Å². The molecule has 0 bridgehead atoms. The van der Waals surface area contributed by atoms with Gasteiger partial charge in [0.25, 0.3) is 0 Å². The number of rotatable bonds is 7. The Hall–Kier alpha value is -2.07. The molecule has 0 saturated heterocycles. The molecular weight excluding hydrogens is 354 g/mol. The number of nitrogens with one attached hydrogen (secondary N) is 1. The zero-order valence-corrected chi connectivity index (χ0v) is 16.4. The van der Waals surface area contributed by atoms with E-state index in [4.69, 9.17) is 9.47 Å². The van der Waals surface area contributed by atoms with Gasteiger partial charge in [-0.25, -0.2) is 0 Å². The molecule has 1 atom stereocenters. The maximum Gasteiger partial charge on any atom is 0.203 e. The predicted octanol–water partition coefficient (Wildman–Crippen LogP) is 5.69. The minimum Gasteiger partial charge on any atom is -0.488 e. The van der Waals surface area contributed by atoms with Gasteiger partial charge in [0.05, 0.1) is 5.75 Å². The van der Waals surface area contributed by atoms with Gasteiger partial charge >= 0.3 is 0 Å². The van der Waals surface area contributed by atoms with Gasteiger partial charge < -0.3 is 14.8 Å². The molecule has 0 radical (unpaired) electrons. The summed E-state index contributed by atoms with van der Waals surface area (Å²) >= 11 is 1.78. The van der Waals surface area contributed by atoms with Crippen LogP contribution < -0.4 is 10.1 Å².